The Kier molecular flexibility index (Phi) is 4.02. The van der Waals surface area contributed by atoms with Crippen LogP contribution >= 0.6 is 11.6 Å². The van der Waals surface area contributed by atoms with E-state index in [-0.39, 0.29) is 39.0 Å². The summed E-state index contributed by atoms with van der Waals surface area (Å²) in [5, 5.41) is 11.8. The Labute approximate surface area is 146 Å². The Bertz CT molecular complexity index is 954. The molecule has 3 amide bonds. The number of hydrogen-bond donors (Lipinski definition) is 2. The molecule has 25 heavy (non-hydrogen) atoms. The number of imide groups is 1. The molecule has 0 aromatic heterocycles. The summed E-state index contributed by atoms with van der Waals surface area (Å²) in [6, 6.07) is 8.07. The molecule has 0 saturated heterocycles. The molecule has 2 aromatic carbocycles. The first-order valence-electron chi connectivity index (χ1n) is 7.13. The number of carbonyl (C=O) groups is 4. The number of hydrogen-bond acceptors (Lipinski definition) is 4. The first-order valence-corrected chi connectivity index (χ1v) is 7.50. The summed E-state index contributed by atoms with van der Waals surface area (Å²) in [5.41, 5.74) is 0.523. The number of benzene rings is 2. The van der Waals surface area contributed by atoms with Crippen LogP contribution in [0.3, 0.4) is 0 Å². The number of amides is 3. The summed E-state index contributed by atoms with van der Waals surface area (Å²) >= 11 is 6.00. The summed E-state index contributed by atoms with van der Waals surface area (Å²) in [6.45, 7) is 1.30. The minimum absolute atomic E-state index is 0.0147. The Morgan fingerprint density at radius 3 is 2.36 bits per heavy atom. The third-order valence-electron chi connectivity index (χ3n) is 3.65. The molecule has 0 radical (unpaired) electrons. The second kappa shape index (κ2) is 6.03. The van der Waals surface area contributed by atoms with Gasteiger partial charge < -0.3 is 10.4 Å². The first-order chi connectivity index (χ1) is 11.8. The molecule has 0 atom stereocenters. The van der Waals surface area contributed by atoms with Crippen LogP contribution in [0.15, 0.2) is 36.4 Å². The van der Waals surface area contributed by atoms with E-state index in [4.69, 9.17) is 16.7 Å². The lowest BCUT2D eigenvalue weighted by Gasteiger charge is -2.16. The molecule has 0 bridgehead atoms. The number of fused-ring (bicyclic) bond motifs is 1. The highest BCUT2D eigenvalue weighted by molar-refractivity contribution is 6.36. The predicted octanol–water partition coefficient (Wildman–Crippen LogP) is 2.80. The minimum Gasteiger partial charge on any atom is -0.478 e. The van der Waals surface area contributed by atoms with Gasteiger partial charge in [0.05, 0.1) is 33.1 Å². The van der Waals surface area contributed by atoms with Gasteiger partial charge >= 0.3 is 5.97 Å². The van der Waals surface area contributed by atoms with Crippen LogP contribution < -0.4 is 10.2 Å². The van der Waals surface area contributed by atoms with Gasteiger partial charge in [-0.25, -0.2) is 9.69 Å². The number of rotatable bonds is 3. The molecular weight excluding hydrogens is 348 g/mol. The van der Waals surface area contributed by atoms with Gasteiger partial charge in [-0.15, -0.1) is 0 Å². The Morgan fingerprint density at radius 1 is 1.04 bits per heavy atom. The zero-order valence-corrected chi connectivity index (χ0v) is 13.6. The maximum Gasteiger partial charge on any atom is 0.335 e. The summed E-state index contributed by atoms with van der Waals surface area (Å²) < 4.78 is 0. The summed E-state index contributed by atoms with van der Waals surface area (Å²) in [6.07, 6.45) is 0. The van der Waals surface area contributed by atoms with Gasteiger partial charge in [0, 0.05) is 6.92 Å². The Morgan fingerprint density at radius 2 is 1.72 bits per heavy atom. The largest absolute Gasteiger partial charge is 0.478 e. The van der Waals surface area contributed by atoms with Crippen molar-refractivity contribution in [3.05, 3.63) is 58.1 Å². The second-order valence-electron chi connectivity index (χ2n) is 5.36. The van der Waals surface area contributed by atoms with E-state index in [1.54, 1.807) is 0 Å². The highest BCUT2D eigenvalue weighted by atomic mass is 35.5. The molecule has 126 valence electrons. The van der Waals surface area contributed by atoms with Gasteiger partial charge in [-0.1, -0.05) is 11.6 Å². The monoisotopic (exact) mass is 358 g/mol. The molecule has 8 heteroatoms. The number of carbonyl (C=O) groups excluding carboxylic acids is 3. The molecule has 0 spiro atoms. The van der Waals surface area contributed by atoms with Gasteiger partial charge in [0.1, 0.15) is 0 Å². The maximum absolute atomic E-state index is 12.6. The minimum atomic E-state index is -1.19. The molecule has 2 N–H and O–H groups in total. The SMILES string of the molecule is CC(=O)Nc1cc(N2C(=O)c3ccc(C(=O)O)cc3C2=O)ccc1Cl. The molecule has 3 rings (SSSR count). The number of aromatic carboxylic acids is 1. The molecule has 2 aromatic rings. The zero-order chi connectivity index (χ0) is 18.3. The standard InChI is InChI=1S/C17H11ClN2O5/c1-8(21)19-14-7-10(3-5-13(14)18)20-15(22)11-4-2-9(17(24)25)6-12(11)16(20)23/h2-7H,1H3,(H,19,21)(H,24,25). The fourth-order valence-electron chi connectivity index (χ4n) is 2.55. The van der Waals surface area contributed by atoms with Crippen molar-refractivity contribution in [2.75, 3.05) is 10.2 Å². The second-order valence-corrected chi connectivity index (χ2v) is 5.76. The molecule has 0 unspecified atom stereocenters. The molecule has 1 aliphatic heterocycles. The van der Waals surface area contributed by atoms with E-state index in [0.29, 0.717) is 0 Å². The van der Waals surface area contributed by atoms with E-state index >= 15 is 0 Å². The van der Waals surface area contributed by atoms with Crippen LogP contribution in [0.4, 0.5) is 11.4 Å². The number of nitrogens with zero attached hydrogens (tertiary/aromatic N) is 1. The topological polar surface area (TPSA) is 104 Å². The van der Waals surface area contributed by atoms with Crippen LogP contribution in [0.25, 0.3) is 0 Å². The molecule has 7 nitrogen and oxygen atoms in total. The normalized spacial score (nSPS) is 13.0. The Hall–Kier alpha value is -3.19. The van der Waals surface area contributed by atoms with Crippen molar-refractivity contribution in [1.82, 2.24) is 0 Å². The van der Waals surface area contributed by atoms with Gasteiger partial charge in [0.15, 0.2) is 0 Å². The lowest BCUT2D eigenvalue weighted by molar-refractivity contribution is -0.114. The molecular formula is C17H11ClN2O5. The lowest BCUT2D eigenvalue weighted by atomic mass is 10.1. The van der Waals surface area contributed by atoms with Crippen molar-refractivity contribution < 1.29 is 24.3 Å². The van der Waals surface area contributed by atoms with Crippen LogP contribution in [-0.4, -0.2) is 28.8 Å². The van der Waals surface area contributed by atoms with Gasteiger partial charge in [-0.3, -0.25) is 14.4 Å². The van der Waals surface area contributed by atoms with E-state index in [9.17, 15) is 19.2 Å². The first kappa shape index (κ1) is 16.7. The van der Waals surface area contributed by atoms with Crippen LogP contribution in [0.1, 0.15) is 38.0 Å². The molecule has 0 saturated carbocycles. The van der Waals surface area contributed by atoms with Crippen LogP contribution in [0.5, 0.6) is 0 Å². The lowest BCUT2D eigenvalue weighted by Crippen LogP contribution is -2.29. The maximum atomic E-state index is 12.6. The van der Waals surface area contributed by atoms with Crippen molar-refractivity contribution >= 4 is 46.7 Å². The summed E-state index contributed by atoms with van der Waals surface area (Å²) in [5.74, 6) is -2.76. The number of halogens is 1. The van der Waals surface area contributed by atoms with Crippen LogP contribution in [0, 0.1) is 0 Å². The number of nitrogens with one attached hydrogen (secondary N) is 1. The van der Waals surface area contributed by atoms with Crippen LogP contribution in [0.2, 0.25) is 5.02 Å². The number of anilines is 2. The van der Waals surface area contributed by atoms with Crippen molar-refractivity contribution in [3.8, 4) is 0 Å². The van der Waals surface area contributed by atoms with Gasteiger partial charge in [-0.2, -0.15) is 0 Å². The Balaban J connectivity index is 2.05. The molecule has 1 heterocycles. The van der Waals surface area contributed by atoms with Crippen molar-refractivity contribution in [2.24, 2.45) is 0 Å². The van der Waals surface area contributed by atoms with E-state index in [2.05, 4.69) is 5.32 Å². The third-order valence-corrected chi connectivity index (χ3v) is 3.98. The predicted molar refractivity (Wildman–Crippen MR) is 90.3 cm³/mol. The zero-order valence-electron chi connectivity index (χ0n) is 12.9. The smallest absolute Gasteiger partial charge is 0.335 e. The highest BCUT2D eigenvalue weighted by Gasteiger charge is 2.37. The van der Waals surface area contributed by atoms with E-state index in [0.717, 1.165) is 4.90 Å². The van der Waals surface area contributed by atoms with E-state index in [1.165, 1.54) is 43.3 Å². The van der Waals surface area contributed by atoms with Crippen LogP contribution in [-0.2, 0) is 4.79 Å². The quantitative estimate of drug-likeness (QED) is 0.821. The summed E-state index contributed by atoms with van der Waals surface area (Å²) in [7, 11) is 0. The molecule has 0 fully saturated rings. The molecule has 1 aliphatic rings. The van der Waals surface area contributed by atoms with E-state index < -0.39 is 17.8 Å². The third kappa shape index (κ3) is 2.85. The fraction of sp³-hybridized carbons (Fsp3) is 0.0588. The fourth-order valence-corrected chi connectivity index (χ4v) is 2.71. The van der Waals surface area contributed by atoms with Gasteiger partial charge in [0.2, 0.25) is 5.91 Å². The highest BCUT2D eigenvalue weighted by Crippen LogP contribution is 2.33. The summed E-state index contributed by atoms with van der Waals surface area (Å²) in [4.78, 5) is 48.3. The van der Waals surface area contributed by atoms with E-state index in [1.807, 2.05) is 0 Å². The molecule has 0 aliphatic carbocycles. The number of carboxylic acids is 1. The number of carboxylic acid groups (broad SMARTS) is 1. The van der Waals surface area contributed by atoms with Crippen molar-refractivity contribution in [1.29, 1.82) is 0 Å². The van der Waals surface area contributed by atoms with Gasteiger partial charge in [-0.05, 0) is 36.4 Å². The average Bonchev–Trinajstić information content (AvgIpc) is 2.80. The van der Waals surface area contributed by atoms with Crippen molar-refractivity contribution in [2.45, 2.75) is 6.92 Å². The van der Waals surface area contributed by atoms with Crippen molar-refractivity contribution in [3.63, 3.8) is 0 Å². The van der Waals surface area contributed by atoms with Gasteiger partial charge in [0.25, 0.3) is 11.8 Å². The average molecular weight is 359 g/mol.